The van der Waals surface area contributed by atoms with Gasteiger partial charge in [-0.2, -0.15) is 0 Å². The molecule has 0 atom stereocenters. The predicted molar refractivity (Wildman–Crippen MR) is 45.6 cm³/mol. The zero-order valence-electron chi connectivity index (χ0n) is 4.38. The molecule has 1 radical (unpaired) electrons. The summed E-state index contributed by atoms with van der Waals surface area (Å²) < 4.78 is 5.47. The van der Waals surface area contributed by atoms with E-state index in [0.717, 1.165) is 0 Å². The summed E-state index contributed by atoms with van der Waals surface area (Å²) in [5, 5.41) is 0.558. The molecule has 0 aromatic rings. The minimum atomic E-state index is -0.646. The Bertz CT molecular complexity index is 112. The molecule has 9 heavy (non-hydrogen) atoms. The fraction of sp³-hybridized carbons (Fsp3) is 0. The molecule has 6 N–H and O–H groups in total. The molecule has 0 spiro atoms. The Labute approximate surface area is 74.5 Å². The Balaban J connectivity index is 3.10. The van der Waals surface area contributed by atoms with Gasteiger partial charge in [0, 0.05) is 0 Å². The number of hydrogen-bond acceptors (Lipinski definition) is 2. The minimum absolute atomic E-state index is 0.279. The van der Waals surface area contributed by atoms with Crippen molar-refractivity contribution in [3.8, 4) is 0 Å². The van der Waals surface area contributed by atoms with Crippen molar-refractivity contribution >= 4 is 56.1 Å². The van der Waals surface area contributed by atoms with Gasteiger partial charge in [-0.15, -0.1) is 0 Å². The van der Waals surface area contributed by atoms with Crippen molar-refractivity contribution in [1.82, 2.24) is 7.13 Å². The van der Waals surface area contributed by atoms with Crippen molar-refractivity contribution in [2.24, 2.45) is 11.5 Å². The van der Waals surface area contributed by atoms with E-state index in [1.807, 2.05) is 0 Å². The van der Waals surface area contributed by atoms with Crippen LogP contribution >= 0.6 is 24.4 Å². The molecule has 0 aromatic carbocycles. The summed E-state index contributed by atoms with van der Waals surface area (Å²) in [7, 11) is 0. The van der Waals surface area contributed by atoms with Gasteiger partial charge >= 0.3 is 74.7 Å². The summed E-state index contributed by atoms with van der Waals surface area (Å²) in [4.78, 5) is 0. The Morgan fingerprint density at radius 2 is 1.44 bits per heavy atom. The molecule has 0 rings (SSSR count). The summed E-state index contributed by atoms with van der Waals surface area (Å²) >= 11 is 8.40. The average Bonchev–Trinajstić information content (AvgIpc) is 1.63. The first-order valence-corrected chi connectivity index (χ1v) is 5.04. The quantitative estimate of drug-likeness (QED) is 0.352. The van der Waals surface area contributed by atoms with Crippen LogP contribution in [0.1, 0.15) is 0 Å². The third-order valence-corrected chi connectivity index (χ3v) is 3.15. The molecule has 0 bridgehead atoms. The van der Waals surface area contributed by atoms with E-state index in [1.54, 1.807) is 0 Å². The Morgan fingerprint density at radius 1 is 1.11 bits per heavy atom. The number of thiocarbonyl (C=S) groups is 2. The normalized spacial score (nSPS) is 8.00. The van der Waals surface area contributed by atoms with Crippen LogP contribution in [0, 0.1) is 0 Å². The molecule has 0 aliphatic heterocycles. The first-order chi connectivity index (χ1) is 4.13. The molecule has 0 unspecified atom stereocenters. The molecule has 0 fully saturated rings. The zero-order chi connectivity index (χ0) is 7.28. The van der Waals surface area contributed by atoms with Gasteiger partial charge in [-0.3, -0.25) is 0 Å². The SMILES string of the molecule is NC(=S)N[Te+]NC(N)=S. The number of nitrogens with two attached hydrogens (primary N) is 2. The van der Waals surface area contributed by atoms with Gasteiger partial charge in [0.05, 0.1) is 0 Å². The Hall–Kier alpha value is 0.170. The van der Waals surface area contributed by atoms with Gasteiger partial charge < -0.3 is 0 Å². The van der Waals surface area contributed by atoms with Gasteiger partial charge in [0.2, 0.25) is 0 Å². The second kappa shape index (κ2) is 4.99. The summed E-state index contributed by atoms with van der Waals surface area (Å²) in [6.45, 7) is 0. The fourth-order valence-electron chi connectivity index (χ4n) is 0.126. The van der Waals surface area contributed by atoms with E-state index in [0.29, 0.717) is 0 Å². The van der Waals surface area contributed by atoms with Crippen molar-refractivity contribution < 1.29 is 0 Å². The van der Waals surface area contributed by atoms with Gasteiger partial charge in [0.25, 0.3) is 0 Å². The third-order valence-electron chi connectivity index (χ3n) is 0.303. The second-order valence-corrected chi connectivity index (χ2v) is 3.66. The number of nitrogens with one attached hydrogen (secondary N) is 2. The monoisotopic (exact) mass is 280 g/mol. The van der Waals surface area contributed by atoms with E-state index in [2.05, 4.69) is 31.6 Å². The molecular weight excluding hydrogens is 272 g/mol. The molecule has 4 nitrogen and oxygen atoms in total. The Kier molecular flexibility index (Phi) is 5.09. The van der Waals surface area contributed by atoms with Crippen molar-refractivity contribution in [2.45, 2.75) is 0 Å². The van der Waals surface area contributed by atoms with Gasteiger partial charge in [0.1, 0.15) is 0 Å². The van der Waals surface area contributed by atoms with Crippen LogP contribution in [0.15, 0.2) is 0 Å². The summed E-state index contributed by atoms with van der Waals surface area (Å²) in [6, 6.07) is 0. The van der Waals surface area contributed by atoms with Gasteiger partial charge in [-0.1, -0.05) is 0 Å². The average molecular weight is 278 g/mol. The molecule has 0 heterocycles. The molecule has 0 aromatic heterocycles. The topological polar surface area (TPSA) is 76.1 Å². The molecule has 0 saturated heterocycles. The van der Waals surface area contributed by atoms with Crippen LogP contribution in [0.3, 0.4) is 0 Å². The van der Waals surface area contributed by atoms with Crippen molar-refractivity contribution in [3.05, 3.63) is 0 Å². The van der Waals surface area contributed by atoms with Crippen molar-refractivity contribution in [2.75, 3.05) is 0 Å². The third kappa shape index (κ3) is 8.17. The maximum atomic E-state index is 5.11. The summed E-state index contributed by atoms with van der Waals surface area (Å²) in [6.07, 6.45) is 0. The van der Waals surface area contributed by atoms with Gasteiger partial charge in [-0.25, -0.2) is 0 Å². The molecule has 7 heteroatoms. The van der Waals surface area contributed by atoms with Gasteiger partial charge in [-0.05, 0) is 0 Å². The van der Waals surface area contributed by atoms with Crippen LogP contribution in [-0.2, 0) is 0 Å². The second-order valence-electron chi connectivity index (χ2n) is 1.03. The van der Waals surface area contributed by atoms with Crippen molar-refractivity contribution in [1.29, 1.82) is 0 Å². The van der Waals surface area contributed by atoms with E-state index in [-0.39, 0.29) is 10.2 Å². The number of hydrogen-bond donors (Lipinski definition) is 4. The van der Waals surface area contributed by atoms with Crippen molar-refractivity contribution in [3.63, 3.8) is 0 Å². The van der Waals surface area contributed by atoms with Crippen LogP contribution in [0.4, 0.5) is 0 Å². The predicted octanol–water partition coefficient (Wildman–Crippen LogP) is -1.81. The van der Waals surface area contributed by atoms with E-state index in [9.17, 15) is 0 Å². The van der Waals surface area contributed by atoms with E-state index < -0.39 is 21.5 Å². The summed E-state index contributed by atoms with van der Waals surface area (Å²) in [5.41, 5.74) is 10.2. The summed E-state index contributed by atoms with van der Waals surface area (Å²) in [5.74, 6) is 0. The van der Waals surface area contributed by atoms with E-state index >= 15 is 0 Å². The van der Waals surface area contributed by atoms with Crippen LogP contribution in [0.25, 0.3) is 0 Å². The van der Waals surface area contributed by atoms with Crippen LogP contribution in [-0.4, -0.2) is 31.7 Å². The molecule has 0 saturated carbocycles. The molecule has 0 aliphatic carbocycles. The van der Waals surface area contributed by atoms with E-state index in [1.165, 1.54) is 0 Å². The van der Waals surface area contributed by atoms with Crippen LogP contribution < -0.4 is 18.6 Å². The standard InChI is InChI=1S/C2H6N4S2Te/c3-1(7)5-9-6-2(4)8/h(H3,3,5,7)(H3,4,6,8)/q+1. The van der Waals surface area contributed by atoms with E-state index in [4.69, 9.17) is 11.5 Å². The van der Waals surface area contributed by atoms with Crippen LogP contribution in [0.2, 0.25) is 0 Å². The molecule has 0 aliphatic rings. The first-order valence-electron chi connectivity index (χ1n) is 1.89. The molecule has 51 valence electrons. The van der Waals surface area contributed by atoms with Gasteiger partial charge in [0.15, 0.2) is 0 Å². The fourth-order valence-corrected chi connectivity index (χ4v) is 1.40. The number of rotatable bonds is 2. The zero-order valence-corrected chi connectivity index (χ0v) is 8.34. The maximum absolute atomic E-state index is 5.11. The Morgan fingerprint density at radius 3 is 1.67 bits per heavy atom. The first kappa shape index (κ1) is 9.17. The van der Waals surface area contributed by atoms with Crippen LogP contribution in [0.5, 0.6) is 0 Å². The molecule has 0 amide bonds. The molecular formula is C2H6N4S2Te+.